The molecule has 0 aliphatic carbocycles. The molecule has 46 heavy (non-hydrogen) atoms. The van der Waals surface area contributed by atoms with Crippen LogP contribution in [0.4, 0.5) is 0 Å². The highest BCUT2D eigenvalue weighted by molar-refractivity contribution is 5.79. The first kappa shape index (κ1) is 32.2. The molecule has 0 aliphatic heterocycles. The minimum atomic E-state index is -0.615. The first-order chi connectivity index (χ1) is 22.3. The minimum absolute atomic E-state index is 0.142. The van der Waals surface area contributed by atoms with E-state index in [4.69, 9.17) is 23.9 Å². The number of carbonyl (C=O) groups excluding carboxylic acids is 1. The van der Waals surface area contributed by atoms with Crippen LogP contribution < -0.4 is 19.8 Å². The summed E-state index contributed by atoms with van der Waals surface area (Å²) in [5.74, 6) is 1.94. The second-order valence-electron chi connectivity index (χ2n) is 11.0. The molecule has 5 aromatic rings. The number of benzene rings is 4. The maximum Gasteiger partial charge on any atom is 0.266 e. The summed E-state index contributed by atoms with van der Waals surface area (Å²) in [6.07, 6.45) is 0.515. The van der Waals surface area contributed by atoms with E-state index in [2.05, 4.69) is 0 Å². The number of carbonyl (C=O) groups is 1. The highest BCUT2D eigenvalue weighted by Gasteiger charge is 2.28. The molecule has 0 fully saturated rings. The number of fused-ring (bicyclic) bond motifs is 1. The van der Waals surface area contributed by atoms with Crippen molar-refractivity contribution in [2.75, 3.05) is 34.5 Å². The van der Waals surface area contributed by atoms with Gasteiger partial charge in [0.05, 0.1) is 50.6 Å². The number of aromatic nitrogens is 2. The summed E-state index contributed by atoms with van der Waals surface area (Å²) in [6.45, 7) is 4.33. The Morgan fingerprint density at radius 2 is 1.52 bits per heavy atom. The summed E-state index contributed by atoms with van der Waals surface area (Å²) in [5.41, 5.74) is 3.73. The molecular formula is C37H39N3O6. The van der Waals surface area contributed by atoms with Gasteiger partial charge < -0.3 is 23.8 Å². The molecule has 4 aromatic carbocycles. The molecule has 0 radical (unpaired) electrons. The third kappa shape index (κ3) is 7.05. The van der Waals surface area contributed by atoms with E-state index in [1.807, 2.05) is 98.8 Å². The number of methoxy groups -OCH3 is 3. The Kier molecular flexibility index (Phi) is 10.3. The highest BCUT2D eigenvalue weighted by Crippen LogP contribution is 2.30. The van der Waals surface area contributed by atoms with Crippen LogP contribution in [0.1, 0.15) is 35.5 Å². The Morgan fingerprint density at radius 1 is 0.826 bits per heavy atom. The summed E-state index contributed by atoms with van der Waals surface area (Å²) in [6, 6.07) is 27.7. The van der Waals surface area contributed by atoms with Gasteiger partial charge in [-0.1, -0.05) is 54.6 Å². The van der Waals surface area contributed by atoms with E-state index in [0.29, 0.717) is 59.2 Å². The van der Waals surface area contributed by atoms with Crippen molar-refractivity contribution in [3.05, 3.63) is 124 Å². The fraction of sp³-hybridized carbons (Fsp3) is 0.270. The van der Waals surface area contributed by atoms with Gasteiger partial charge in [-0.3, -0.25) is 14.2 Å². The number of rotatable bonds is 13. The zero-order valence-corrected chi connectivity index (χ0v) is 26.9. The van der Waals surface area contributed by atoms with Gasteiger partial charge in [-0.05, 0) is 73.4 Å². The Bertz CT molecular complexity index is 1870. The number of amides is 1. The molecule has 0 bridgehead atoms. The second-order valence-corrected chi connectivity index (χ2v) is 11.0. The first-order valence-corrected chi connectivity index (χ1v) is 15.1. The molecule has 238 valence electrons. The molecule has 1 heterocycles. The van der Waals surface area contributed by atoms with Crippen molar-refractivity contribution in [3.63, 3.8) is 0 Å². The lowest BCUT2D eigenvalue weighted by Gasteiger charge is -2.31. The Balaban J connectivity index is 1.56. The van der Waals surface area contributed by atoms with E-state index in [1.165, 1.54) is 0 Å². The average Bonchev–Trinajstić information content (AvgIpc) is 3.08. The van der Waals surface area contributed by atoms with Gasteiger partial charge >= 0.3 is 0 Å². The minimum Gasteiger partial charge on any atom is -0.495 e. The SMILES string of the molecule is COc1ccc(CCN(C(=O)COCc2ccccc2)C(C)c2nc3ccccc3c(=O)n2-c2cc(C)ccc2OC)cc1OC. The number of ether oxygens (including phenoxy) is 4. The van der Waals surface area contributed by atoms with Gasteiger partial charge in [-0.2, -0.15) is 0 Å². The van der Waals surface area contributed by atoms with Crippen LogP contribution in [-0.4, -0.2) is 54.8 Å². The molecule has 0 aliphatic rings. The molecule has 0 saturated heterocycles. The van der Waals surface area contributed by atoms with Crippen molar-refractivity contribution in [1.29, 1.82) is 0 Å². The normalized spacial score (nSPS) is 11.7. The van der Waals surface area contributed by atoms with Crippen LogP contribution in [0.5, 0.6) is 17.2 Å². The lowest BCUT2D eigenvalue weighted by atomic mass is 10.1. The van der Waals surface area contributed by atoms with Gasteiger partial charge in [0, 0.05) is 6.54 Å². The van der Waals surface area contributed by atoms with Crippen molar-refractivity contribution in [2.45, 2.75) is 32.9 Å². The first-order valence-electron chi connectivity index (χ1n) is 15.1. The van der Waals surface area contributed by atoms with Crippen LogP contribution in [0.2, 0.25) is 0 Å². The van der Waals surface area contributed by atoms with Crippen molar-refractivity contribution in [1.82, 2.24) is 14.5 Å². The average molecular weight is 622 g/mol. The lowest BCUT2D eigenvalue weighted by Crippen LogP contribution is -2.40. The molecule has 0 saturated carbocycles. The van der Waals surface area contributed by atoms with Crippen molar-refractivity contribution < 1.29 is 23.7 Å². The van der Waals surface area contributed by atoms with Crippen LogP contribution in [0.3, 0.4) is 0 Å². The molecular weight excluding hydrogens is 582 g/mol. The lowest BCUT2D eigenvalue weighted by molar-refractivity contribution is -0.139. The van der Waals surface area contributed by atoms with Crippen molar-refractivity contribution >= 4 is 16.8 Å². The predicted molar refractivity (Wildman–Crippen MR) is 178 cm³/mol. The van der Waals surface area contributed by atoms with E-state index in [9.17, 15) is 9.59 Å². The number of hydrogen-bond acceptors (Lipinski definition) is 7. The van der Waals surface area contributed by atoms with Crippen LogP contribution in [0.15, 0.2) is 95.8 Å². The van der Waals surface area contributed by atoms with Gasteiger partial charge in [0.1, 0.15) is 18.2 Å². The smallest absolute Gasteiger partial charge is 0.266 e. The molecule has 0 N–H and O–H groups in total. The maximum atomic E-state index is 14.2. The zero-order chi connectivity index (χ0) is 32.6. The molecule has 1 aromatic heterocycles. The molecule has 9 nitrogen and oxygen atoms in total. The van der Waals surface area contributed by atoms with Gasteiger partial charge in [0.2, 0.25) is 5.91 Å². The number of para-hydroxylation sites is 1. The maximum absolute atomic E-state index is 14.2. The molecule has 5 rings (SSSR count). The van der Waals surface area contributed by atoms with E-state index in [1.54, 1.807) is 36.9 Å². The van der Waals surface area contributed by atoms with Gasteiger partial charge in [0.25, 0.3) is 5.56 Å². The molecule has 1 amide bonds. The van der Waals surface area contributed by atoms with Crippen LogP contribution in [0, 0.1) is 6.92 Å². The topological polar surface area (TPSA) is 92.1 Å². The van der Waals surface area contributed by atoms with E-state index in [0.717, 1.165) is 16.7 Å². The Morgan fingerprint density at radius 3 is 2.26 bits per heavy atom. The van der Waals surface area contributed by atoms with Crippen molar-refractivity contribution in [3.8, 4) is 22.9 Å². The molecule has 9 heteroatoms. The molecule has 0 spiro atoms. The van der Waals surface area contributed by atoms with E-state index < -0.39 is 6.04 Å². The number of nitrogens with zero attached hydrogens (tertiary/aromatic N) is 3. The van der Waals surface area contributed by atoms with Gasteiger partial charge in [-0.15, -0.1) is 0 Å². The van der Waals surface area contributed by atoms with Gasteiger partial charge in [-0.25, -0.2) is 4.98 Å². The zero-order valence-electron chi connectivity index (χ0n) is 26.9. The van der Waals surface area contributed by atoms with Crippen LogP contribution in [0.25, 0.3) is 16.6 Å². The molecule has 1 unspecified atom stereocenters. The Hall–Kier alpha value is -5.15. The predicted octanol–water partition coefficient (Wildman–Crippen LogP) is 6.07. The van der Waals surface area contributed by atoms with E-state index in [-0.39, 0.29) is 18.1 Å². The van der Waals surface area contributed by atoms with Crippen LogP contribution in [-0.2, 0) is 22.6 Å². The fourth-order valence-electron chi connectivity index (χ4n) is 5.51. The standard InChI is InChI=1S/C37H39N3O6/c1-25-15-17-32(43-3)31(21-25)40-36(38-30-14-10-9-13-29(30)37(40)42)26(2)39(35(41)24-46-23-28-11-7-6-8-12-28)20-19-27-16-18-33(44-4)34(22-27)45-5/h6-18,21-22,26H,19-20,23-24H2,1-5H3. The summed E-state index contributed by atoms with van der Waals surface area (Å²) in [4.78, 5) is 34.9. The Labute approximate surface area is 268 Å². The third-order valence-electron chi connectivity index (χ3n) is 7.96. The summed E-state index contributed by atoms with van der Waals surface area (Å²) >= 11 is 0. The second kappa shape index (κ2) is 14.8. The van der Waals surface area contributed by atoms with Crippen LogP contribution >= 0.6 is 0 Å². The summed E-state index contributed by atoms with van der Waals surface area (Å²) < 4.78 is 24.1. The van der Waals surface area contributed by atoms with Gasteiger partial charge in [0.15, 0.2) is 11.5 Å². The summed E-state index contributed by atoms with van der Waals surface area (Å²) in [7, 11) is 4.75. The molecule has 1 atom stereocenters. The number of hydrogen-bond donors (Lipinski definition) is 0. The van der Waals surface area contributed by atoms with Crippen molar-refractivity contribution in [2.24, 2.45) is 0 Å². The highest BCUT2D eigenvalue weighted by atomic mass is 16.5. The van der Waals surface area contributed by atoms with E-state index >= 15 is 0 Å². The monoisotopic (exact) mass is 621 g/mol. The largest absolute Gasteiger partial charge is 0.495 e. The number of aryl methyl sites for hydroxylation is 1. The summed E-state index contributed by atoms with van der Waals surface area (Å²) in [5, 5.41) is 0.469. The third-order valence-corrected chi connectivity index (χ3v) is 7.96. The quantitative estimate of drug-likeness (QED) is 0.158. The fourth-order valence-corrected chi connectivity index (χ4v) is 5.51.